The number of benzene rings is 1. The summed E-state index contributed by atoms with van der Waals surface area (Å²) in [6.07, 6.45) is 11.8. The minimum Gasteiger partial charge on any atom is -0.0755 e. The minimum absolute atomic E-state index is 0.309. The summed E-state index contributed by atoms with van der Waals surface area (Å²) in [6.45, 7) is 11.5. The molecule has 0 bridgehead atoms. The fourth-order valence-corrected chi connectivity index (χ4v) is 6.09. The van der Waals surface area contributed by atoms with Crippen molar-refractivity contribution in [1.29, 1.82) is 0 Å². The lowest BCUT2D eigenvalue weighted by atomic mass is 10.1. The predicted molar refractivity (Wildman–Crippen MR) is 108 cm³/mol. The molecular formula is C22H34Si. The van der Waals surface area contributed by atoms with Crippen molar-refractivity contribution >= 4 is 14.7 Å². The lowest BCUT2D eigenvalue weighted by Crippen LogP contribution is -2.23. The largest absolute Gasteiger partial charge is 0.0838 e. The average molecular weight is 327 g/mol. The van der Waals surface area contributed by atoms with E-state index in [0.29, 0.717) is 0 Å². The molecule has 126 valence electrons. The zero-order valence-electron chi connectivity index (χ0n) is 15.9. The van der Waals surface area contributed by atoms with Crippen molar-refractivity contribution in [2.24, 2.45) is 0 Å². The highest BCUT2D eigenvalue weighted by Crippen LogP contribution is 2.31. The molecule has 0 saturated heterocycles. The maximum Gasteiger partial charge on any atom is 0.0838 e. The molecule has 0 saturated carbocycles. The zero-order valence-corrected chi connectivity index (χ0v) is 17.3. The van der Waals surface area contributed by atoms with Gasteiger partial charge in [-0.05, 0) is 46.5 Å². The normalized spacial score (nSPS) is 15.1. The molecule has 0 heterocycles. The molecule has 0 nitrogen and oxygen atoms in total. The van der Waals surface area contributed by atoms with Crippen LogP contribution in [0.4, 0.5) is 0 Å². The van der Waals surface area contributed by atoms with Crippen molar-refractivity contribution in [2.75, 3.05) is 0 Å². The summed E-state index contributed by atoms with van der Waals surface area (Å²) in [7, 11) is -0.309. The van der Waals surface area contributed by atoms with E-state index >= 15 is 0 Å². The Morgan fingerprint density at radius 1 is 0.913 bits per heavy atom. The molecule has 0 fully saturated rings. The fraction of sp³-hybridized carbons (Fsp3) is 0.545. The van der Waals surface area contributed by atoms with Gasteiger partial charge >= 0.3 is 0 Å². The first-order valence-corrected chi connectivity index (χ1v) is 10.9. The Morgan fingerprint density at radius 3 is 2.22 bits per heavy atom. The number of hydrogen-bond donors (Lipinski definition) is 0. The van der Waals surface area contributed by atoms with Crippen LogP contribution in [0.15, 0.2) is 34.6 Å². The molecule has 2 rings (SSSR count). The molecule has 0 spiro atoms. The van der Waals surface area contributed by atoms with Gasteiger partial charge in [0.1, 0.15) is 0 Å². The Kier molecular flexibility index (Phi) is 6.89. The summed E-state index contributed by atoms with van der Waals surface area (Å²) in [5.41, 5.74) is 7.87. The van der Waals surface area contributed by atoms with Gasteiger partial charge in [-0.3, -0.25) is 0 Å². The maximum atomic E-state index is 2.57. The highest BCUT2D eigenvalue weighted by Gasteiger charge is 2.17. The molecule has 1 aliphatic carbocycles. The van der Waals surface area contributed by atoms with Gasteiger partial charge in [-0.1, -0.05) is 89.5 Å². The maximum absolute atomic E-state index is 2.57. The van der Waals surface area contributed by atoms with Crippen molar-refractivity contribution in [1.82, 2.24) is 0 Å². The summed E-state index contributed by atoms with van der Waals surface area (Å²) < 4.78 is 0. The van der Waals surface area contributed by atoms with Gasteiger partial charge in [-0.25, -0.2) is 0 Å². The fourth-order valence-electron chi connectivity index (χ4n) is 3.95. The highest BCUT2D eigenvalue weighted by molar-refractivity contribution is 6.62. The Hall–Kier alpha value is -1.08. The second kappa shape index (κ2) is 8.68. The van der Waals surface area contributed by atoms with Crippen molar-refractivity contribution in [2.45, 2.75) is 79.6 Å². The van der Waals surface area contributed by atoms with Crippen LogP contribution in [0, 0.1) is 20.8 Å². The van der Waals surface area contributed by atoms with Crippen molar-refractivity contribution in [3.8, 4) is 0 Å². The molecular weight excluding hydrogens is 292 g/mol. The summed E-state index contributed by atoms with van der Waals surface area (Å²) >= 11 is 0. The number of unbranched alkanes of at least 4 members (excludes halogenated alkanes) is 2. The van der Waals surface area contributed by atoms with E-state index in [-0.39, 0.29) is 9.52 Å². The Morgan fingerprint density at radius 2 is 1.61 bits per heavy atom. The van der Waals surface area contributed by atoms with Gasteiger partial charge in [0.2, 0.25) is 0 Å². The number of rotatable bonds is 8. The van der Waals surface area contributed by atoms with Gasteiger partial charge < -0.3 is 0 Å². The van der Waals surface area contributed by atoms with Crippen LogP contribution in [-0.2, 0) is 0 Å². The third-order valence-corrected chi connectivity index (χ3v) is 7.72. The minimum atomic E-state index is -0.309. The second-order valence-corrected chi connectivity index (χ2v) is 9.28. The standard InChI is InChI=1S/C22H34Si/c1-6-8-9-11-19-14-20(10-7-2)21(15-19)23-22-17(4)12-16(3)13-18(22)5/h12-14H,6-11,15,23H2,1-5H3. The Labute approximate surface area is 145 Å². The van der Waals surface area contributed by atoms with Gasteiger partial charge in [0.05, 0.1) is 9.52 Å². The summed E-state index contributed by atoms with van der Waals surface area (Å²) in [4.78, 5) is 0. The van der Waals surface area contributed by atoms with Crippen LogP contribution >= 0.6 is 0 Å². The van der Waals surface area contributed by atoms with Gasteiger partial charge in [0.25, 0.3) is 0 Å². The van der Waals surface area contributed by atoms with Crippen LogP contribution in [0.25, 0.3) is 0 Å². The van der Waals surface area contributed by atoms with Gasteiger partial charge in [-0.15, -0.1) is 0 Å². The molecule has 0 radical (unpaired) electrons. The molecule has 1 aromatic carbocycles. The molecule has 0 atom stereocenters. The van der Waals surface area contributed by atoms with Gasteiger partial charge in [0.15, 0.2) is 0 Å². The number of aryl methyl sites for hydroxylation is 3. The SMILES string of the molecule is CCCCCC1=CC(CCC)=C([SiH2]c2c(C)cc(C)cc2C)C1. The van der Waals surface area contributed by atoms with E-state index in [1.807, 2.05) is 5.20 Å². The van der Waals surface area contributed by atoms with E-state index in [4.69, 9.17) is 0 Å². The predicted octanol–water partition coefficient (Wildman–Crippen LogP) is 5.37. The first-order chi connectivity index (χ1) is 11.0. The van der Waals surface area contributed by atoms with Crippen molar-refractivity contribution in [3.05, 3.63) is 51.2 Å². The molecule has 0 N–H and O–H groups in total. The first kappa shape index (κ1) is 18.3. The average Bonchev–Trinajstić information content (AvgIpc) is 2.85. The molecule has 0 aromatic heterocycles. The van der Waals surface area contributed by atoms with E-state index in [1.165, 1.54) is 61.6 Å². The van der Waals surface area contributed by atoms with Crippen LogP contribution in [0.5, 0.6) is 0 Å². The molecule has 23 heavy (non-hydrogen) atoms. The van der Waals surface area contributed by atoms with Crippen LogP contribution < -0.4 is 5.19 Å². The van der Waals surface area contributed by atoms with E-state index in [1.54, 1.807) is 16.3 Å². The van der Waals surface area contributed by atoms with E-state index in [0.717, 1.165) is 0 Å². The van der Waals surface area contributed by atoms with Crippen molar-refractivity contribution in [3.63, 3.8) is 0 Å². The monoisotopic (exact) mass is 326 g/mol. The molecule has 0 unspecified atom stereocenters. The Bertz CT molecular complexity index is 581. The first-order valence-electron chi connectivity index (χ1n) is 9.52. The molecule has 1 heteroatoms. The van der Waals surface area contributed by atoms with Crippen LogP contribution in [0.2, 0.25) is 0 Å². The number of hydrogen-bond acceptors (Lipinski definition) is 0. The van der Waals surface area contributed by atoms with Crippen LogP contribution in [0.3, 0.4) is 0 Å². The summed E-state index contributed by atoms with van der Waals surface area (Å²) in [6, 6.07) is 4.75. The molecule has 0 amide bonds. The molecule has 1 aromatic rings. The van der Waals surface area contributed by atoms with Gasteiger partial charge in [-0.2, -0.15) is 0 Å². The summed E-state index contributed by atoms with van der Waals surface area (Å²) in [5, 5.41) is 3.52. The third-order valence-electron chi connectivity index (χ3n) is 5.12. The highest BCUT2D eigenvalue weighted by atomic mass is 28.2. The lowest BCUT2D eigenvalue weighted by Gasteiger charge is -2.14. The van der Waals surface area contributed by atoms with E-state index in [2.05, 4.69) is 52.8 Å². The number of allylic oxidation sites excluding steroid dienone is 4. The van der Waals surface area contributed by atoms with Crippen LogP contribution in [-0.4, -0.2) is 9.52 Å². The topological polar surface area (TPSA) is 0 Å². The molecule has 0 aliphatic heterocycles. The zero-order chi connectivity index (χ0) is 16.8. The second-order valence-electron chi connectivity index (χ2n) is 7.37. The smallest absolute Gasteiger partial charge is 0.0755 e. The third kappa shape index (κ3) is 4.94. The summed E-state index contributed by atoms with van der Waals surface area (Å²) in [5.74, 6) is 0. The van der Waals surface area contributed by atoms with Crippen molar-refractivity contribution < 1.29 is 0 Å². The van der Waals surface area contributed by atoms with Crippen LogP contribution in [0.1, 0.15) is 75.5 Å². The van der Waals surface area contributed by atoms with E-state index < -0.39 is 0 Å². The quantitative estimate of drug-likeness (QED) is 0.445. The van der Waals surface area contributed by atoms with Gasteiger partial charge in [0, 0.05) is 0 Å². The van der Waals surface area contributed by atoms with E-state index in [9.17, 15) is 0 Å². The molecule has 1 aliphatic rings. The lowest BCUT2D eigenvalue weighted by molar-refractivity contribution is 0.708. The Balaban J connectivity index is 2.13.